The first kappa shape index (κ1) is 11.3. The maximum Gasteiger partial charge on any atom is 0.187 e. The first-order valence-corrected chi connectivity index (χ1v) is 8.79. The number of hydrogen-bond acceptors (Lipinski definition) is 1. The molecular formula is C11H24OSi. The molecule has 1 saturated heterocycles. The topological polar surface area (TPSA) is 9.23 Å². The predicted octanol–water partition coefficient (Wildman–Crippen LogP) is 3.95. The highest BCUT2D eigenvalue weighted by Gasteiger charge is 2.37. The van der Waals surface area contributed by atoms with Crippen LogP contribution in [0.1, 0.15) is 46.0 Å². The summed E-state index contributed by atoms with van der Waals surface area (Å²) >= 11 is 0. The van der Waals surface area contributed by atoms with E-state index in [1.54, 1.807) is 0 Å². The summed E-state index contributed by atoms with van der Waals surface area (Å²) in [5.74, 6) is 0. The molecule has 1 heterocycles. The number of unbranched alkanes of at least 4 members (excludes halogenated alkanes) is 1. The molecule has 0 bridgehead atoms. The van der Waals surface area contributed by atoms with Gasteiger partial charge in [0.25, 0.3) is 0 Å². The molecule has 13 heavy (non-hydrogen) atoms. The van der Waals surface area contributed by atoms with Crippen LogP contribution in [0.25, 0.3) is 0 Å². The van der Waals surface area contributed by atoms with Crippen LogP contribution in [0.15, 0.2) is 0 Å². The lowest BCUT2D eigenvalue weighted by Gasteiger charge is -2.42. The molecule has 1 fully saturated rings. The van der Waals surface area contributed by atoms with Gasteiger partial charge in [-0.25, -0.2) is 0 Å². The van der Waals surface area contributed by atoms with E-state index in [9.17, 15) is 0 Å². The first-order valence-electron chi connectivity index (χ1n) is 5.68. The average molecular weight is 200 g/mol. The van der Waals surface area contributed by atoms with Gasteiger partial charge in [0, 0.05) is 0 Å². The Labute approximate surface area is 84.0 Å². The summed E-state index contributed by atoms with van der Waals surface area (Å²) in [4.78, 5) is 0. The van der Waals surface area contributed by atoms with Crippen molar-refractivity contribution in [2.24, 2.45) is 0 Å². The van der Waals surface area contributed by atoms with E-state index in [1.807, 2.05) is 0 Å². The van der Waals surface area contributed by atoms with Gasteiger partial charge in [-0.1, -0.05) is 26.2 Å². The van der Waals surface area contributed by atoms with Gasteiger partial charge in [0.1, 0.15) is 0 Å². The summed E-state index contributed by atoms with van der Waals surface area (Å²) in [7, 11) is -1.28. The third-order valence-corrected chi connectivity index (χ3v) is 5.67. The highest BCUT2D eigenvalue weighted by Crippen LogP contribution is 2.36. The Hall–Kier alpha value is 0.177. The fourth-order valence-corrected chi connectivity index (χ4v) is 5.05. The highest BCUT2D eigenvalue weighted by molar-refractivity contribution is 6.71. The Morgan fingerprint density at radius 1 is 1.38 bits per heavy atom. The SMILES string of the molecule is CCCCC1(C)CCC[Si](C)(C)O1. The largest absolute Gasteiger partial charge is 0.412 e. The second-order valence-electron chi connectivity index (χ2n) is 5.27. The van der Waals surface area contributed by atoms with Crippen molar-refractivity contribution in [3.63, 3.8) is 0 Å². The van der Waals surface area contributed by atoms with Gasteiger partial charge >= 0.3 is 0 Å². The summed E-state index contributed by atoms with van der Waals surface area (Å²) in [5, 5.41) is 0. The van der Waals surface area contributed by atoms with Gasteiger partial charge in [-0.3, -0.25) is 0 Å². The van der Waals surface area contributed by atoms with Crippen LogP contribution in [0, 0.1) is 0 Å². The fourth-order valence-electron chi connectivity index (χ4n) is 2.38. The van der Waals surface area contributed by atoms with Crippen LogP contribution in [0.3, 0.4) is 0 Å². The Kier molecular flexibility index (Phi) is 3.58. The van der Waals surface area contributed by atoms with Gasteiger partial charge in [-0.2, -0.15) is 0 Å². The maximum atomic E-state index is 6.30. The molecule has 0 spiro atoms. The van der Waals surface area contributed by atoms with Gasteiger partial charge < -0.3 is 4.43 Å². The number of hydrogen-bond donors (Lipinski definition) is 0. The molecule has 0 saturated carbocycles. The quantitative estimate of drug-likeness (QED) is 0.627. The minimum atomic E-state index is -1.28. The lowest BCUT2D eigenvalue weighted by molar-refractivity contribution is 0.0423. The van der Waals surface area contributed by atoms with Crippen LogP contribution in [0.4, 0.5) is 0 Å². The molecule has 0 aromatic carbocycles. The molecule has 1 rings (SSSR count). The molecule has 0 radical (unpaired) electrons. The van der Waals surface area contributed by atoms with Gasteiger partial charge in [0.2, 0.25) is 0 Å². The van der Waals surface area contributed by atoms with Gasteiger partial charge in [0.15, 0.2) is 8.32 Å². The molecule has 2 heteroatoms. The van der Waals surface area contributed by atoms with Crippen LogP contribution in [-0.4, -0.2) is 13.9 Å². The molecule has 1 aliphatic heterocycles. The van der Waals surface area contributed by atoms with E-state index in [2.05, 4.69) is 26.9 Å². The molecule has 0 aliphatic carbocycles. The zero-order chi connectivity index (χ0) is 9.95. The molecule has 1 unspecified atom stereocenters. The average Bonchev–Trinajstić information content (AvgIpc) is 1.98. The Balaban J connectivity index is 2.47. The number of rotatable bonds is 3. The molecule has 78 valence electrons. The second-order valence-corrected chi connectivity index (χ2v) is 9.49. The third-order valence-electron chi connectivity index (χ3n) is 3.07. The molecule has 1 nitrogen and oxygen atoms in total. The zero-order valence-electron chi connectivity index (χ0n) is 9.65. The van der Waals surface area contributed by atoms with E-state index in [0.29, 0.717) is 0 Å². The van der Waals surface area contributed by atoms with Crippen LogP contribution in [0.5, 0.6) is 0 Å². The Morgan fingerprint density at radius 3 is 2.62 bits per heavy atom. The van der Waals surface area contributed by atoms with Crippen molar-refractivity contribution in [1.82, 2.24) is 0 Å². The van der Waals surface area contributed by atoms with Crippen LogP contribution in [-0.2, 0) is 4.43 Å². The summed E-state index contributed by atoms with van der Waals surface area (Å²) in [6, 6.07) is 1.36. The van der Waals surface area contributed by atoms with Crippen LogP contribution in [0.2, 0.25) is 19.1 Å². The van der Waals surface area contributed by atoms with Gasteiger partial charge in [-0.15, -0.1) is 0 Å². The predicted molar refractivity (Wildman–Crippen MR) is 60.5 cm³/mol. The molecule has 0 aromatic heterocycles. The first-order chi connectivity index (χ1) is 5.97. The van der Waals surface area contributed by atoms with E-state index in [1.165, 1.54) is 38.1 Å². The van der Waals surface area contributed by atoms with E-state index >= 15 is 0 Å². The molecule has 0 amide bonds. The van der Waals surface area contributed by atoms with Crippen molar-refractivity contribution in [2.45, 2.75) is 70.7 Å². The standard InChI is InChI=1S/C11H24OSi/c1-5-6-8-11(2)9-7-10-13(3,4)12-11/h5-10H2,1-4H3. The Bertz CT molecular complexity index is 167. The molecule has 0 aromatic rings. The molecular weight excluding hydrogens is 176 g/mol. The van der Waals surface area contributed by atoms with Gasteiger partial charge in [-0.05, 0) is 38.9 Å². The smallest absolute Gasteiger partial charge is 0.187 e. The van der Waals surface area contributed by atoms with E-state index < -0.39 is 8.32 Å². The van der Waals surface area contributed by atoms with Crippen molar-refractivity contribution in [2.75, 3.05) is 0 Å². The van der Waals surface area contributed by atoms with Crippen molar-refractivity contribution < 1.29 is 4.43 Å². The third kappa shape index (κ3) is 3.43. The fraction of sp³-hybridized carbons (Fsp3) is 1.00. The summed E-state index contributed by atoms with van der Waals surface area (Å²) in [6.07, 6.45) is 6.55. The van der Waals surface area contributed by atoms with E-state index in [-0.39, 0.29) is 5.60 Å². The minimum Gasteiger partial charge on any atom is -0.412 e. The minimum absolute atomic E-state index is 0.226. The van der Waals surface area contributed by atoms with E-state index in [4.69, 9.17) is 4.43 Å². The molecule has 1 aliphatic rings. The lowest BCUT2D eigenvalue weighted by Crippen LogP contribution is -2.46. The van der Waals surface area contributed by atoms with Gasteiger partial charge in [0.05, 0.1) is 5.60 Å². The van der Waals surface area contributed by atoms with Crippen molar-refractivity contribution in [3.8, 4) is 0 Å². The lowest BCUT2D eigenvalue weighted by atomic mass is 9.94. The monoisotopic (exact) mass is 200 g/mol. The van der Waals surface area contributed by atoms with Crippen molar-refractivity contribution in [1.29, 1.82) is 0 Å². The maximum absolute atomic E-state index is 6.30. The zero-order valence-corrected chi connectivity index (χ0v) is 10.7. The van der Waals surface area contributed by atoms with Crippen LogP contribution >= 0.6 is 0 Å². The van der Waals surface area contributed by atoms with Crippen molar-refractivity contribution >= 4 is 8.32 Å². The summed E-state index contributed by atoms with van der Waals surface area (Å²) < 4.78 is 6.30. The summed E-state index contributed by atoms with van der Waals surface area (Å²) in [6.45, 7) is 9.29. The second kappa shape index (κ2) is 4.14. The van der Waals surface area contributed by atoms with E-state index in [0.717, 1.165) is 0 Å². The van der Waals surface area contributed by atoms with Crippen molar-refractivity contribution in [3.05, 3.63) is 0 Å². The van der Waals surface area contributed by atoms with Crippen LogP contribution < -0.4 is 0 Å². The Morgan fingerprint density at radius 2 is 2.08 bits per heavy atom. The molecule has 1 atom stereocenters. The normalized spacial score (nSPS) is 33.2. The highest BCUT2D eigenvalue weighted by atomic mass is 28.4. The summed E-state index contributed by atoms with van der Waals surface area (Å²) in [5.41, 5.74) is 0.226. The molecule has 0 N–H and O–H groups in total.